The number of nitrogens with zero attached hydrogens (tertiary/aromatic N) is 2. The zero-order valence-electron chi connectivity index (χ0n) is 34.9. The van der Waals surface area contributed by atoms with Gasteiger partial charge >= 0.3 is 5.97 Å². The van der Waals surface area contributed by atoms with E-state index in [9.17, 15) is 9.90 Å². The minimum Gasteiger partial charge on any atom is -0.508 e. The largest absolute Gasteiger partial charge is 0.508 e. The highest BCUT2D eigenvalue weighted by atomic mass is 16.6. The van der Waals surface area contributed by atoms with E-state index in [0.29, 0.717) is 25.1 Å². The second kappa shape index (κ2) is 18.6. The van der Waals surface area contributed by atoms with Crippen LogP contribution in [-0.4, -0.2) is 64.6 Å². The van der Waals surface area contributed by atoms with Crippen molar-refractivity contribution in [3.05, 3.63) is 138 Å². The molecule has 4 aromatic rings. The summed E-state index contributed by atoms with van der Waals surface area (Å²) >= 11 is 0. The predicted octanol–water partition coefficient (Wildman–Crippen LogP) is 10.3. The molecule has 2 aliphatic heterocycles. The molecule has 8 rings (SSSR count). The predicted molar refractivity (Wildman–Crippen MR) is 234 cm³/mol. The number of hydrogen-bond acceptors (Lipinski definition) is 6. The first-order valence-corrected chi connectivity index (χ1v) is 22.4. The minimum atomic E-state index is -0.451. The monoisotopic (exact) mass is 794 g/mol. The number of likely N-dealkylation sites (tertiary alicyclic amines) is 1. The molecule has 5 atom stereocenters. The molecule has 0 unspecified atom stereocenters. The molecule has 310 valence electrons. The molecule has 2 heterocycles. The SMILES string of the molecule is C=CCN1CC[C@]23c4c5c(O)cc(OC(C)=O)c4O[C@H]2[C@@H](N(CC(c2ccccc2)c2ccccc2)C(=O)CCCCCCCCCCc2ccccc2)CC[C@H]3[C@H]1C5. The maximum atomic E-state index is 15.0. The zero-order chi connectivity index (χ0) is 40.8. The van der Waals surface area contributed by atoms with Crippen molar-refractivity contribution < 1.29 is 24.2 Å². The normalized spacial score (nSPS) is 22.7. The minimum absolute atomic E-state index is 0.0213. The van der Waals surface area contributed by atoms with Gasteiger partial charge in [-0.1, -0.05) is 136 Å². The molecule has 1 N–H and O–H groups in total. The molecular formula is C52H62N2O5. The lowest BCUT2D eigenvalue weighted by molar-refractivity contribution is -0.143. The van der Waals surface area contributed by atoms with Gasteiger partial charge in [-0.3, -0.25) is 14.5 Å². The summed E-state index contributed by atoms with van der Waals surface area (Å²) in [6.45, 7) is 7.66. The van der Waals surface area contributed by atoms with Crippen molar-refractivity contribution in [1.29, 1.82) is 0 Å². The molecule has 2 aliphatic carbocycles. The number of phenolic OH excluding ortho intramolecular Hbond substituents is 1. The summed E-state index contributed by atoms with van der Waals surface area (Å²) in [5.41, 5.74) is 5.28. The lowest BCUT2D eigenvalue weighted by atomic mass is 9.50. The molecule has 0 aromatic heterocycles. The second-order valence-electron chi connectivity index (χ2n) is 17.5. The number of esters is 1. The first-order valence-electron chi connectivity index (χ1n) is 22.4. The highest BCUT2D eigenvalue weighted by Gasteiger charge is 2.67. The van der Waals surface area contributed by atoms with Crippen LogP contribution in [0.2, 0.25) is 0 Å². The van der Waals surface area contributed by atoms with Crippen molar-refractivity contribution >= 4 is 11.9 Å². The summed E-state index contributed by atoms with van der Waals surface area (Å²) in [6.07, 6.45) is 15.9. The number of unbranched alkanes of at least 4 members (excludes halogenated alkanes) is 7. The summed E-state index contributed by atoms with van der Waals surface area (Å²) in [7, 11) is 0. The van der Waals surface area contributed by atoms with Gasteiger partial charge in [0.15, 0.2) is 11.5 Å². The lowest BCUT2D eigenvalue weighted by Crippen LogP contribution is -2.69. The van der Waals surface area contributed by atoms with Gasteiger partial charge in [0.2, 0.25) is 5.91 Å². The Hall–Kier alpha value is -4.88. The van der Waals surface area contributed by atoms with E-state index in [1.165, 1.54) is 55.7 Å². The Morgan fingerprint density at radius 1 is 0.898 bits per heavy atom. The highest BCUT2D eigenvalue weighted by molar-refractivity contribution is 5.77. The number of phenols is 1. The van der Waals surface area contributed by atoms with Crippen LogP contribution in [0.4, 0.5) is 0 Å². The van der Waals surface area contributed by atoms with Gasteiger partial charge in [0.1, 0.15) is 11.9 Å². The molecule has 0 radical (unpaired) electrons. The number of carbonyl (C=O) groups is 2. The van der Waals surface area contributed by atoms with Crippen molar-refractivity contribution in [2.75, 3.05) is 19.6 Å². The number of amides is 1. The molecule has 1 amide bonds. The number of hydrogen-bond donors (Lipinski definition) is 1. The Bertz CT molecular complexity index is 2010. The number of rotatable bonds is 19. The van der Waals surface area contributed by atoms with E-state index in [-0.39, 0.29) is 47.4 Å². The van der Waals surface area contributed by atoms with E-state index >= 15 is 4.79 Å². The summed E-state index contributed by atoms with van der Waals surface area (Å²) < 4.78 is 13.0. The van der Waals surface area contributed by atoms with E-state index in [4.69, 9.17) is 9.47 Å². The number of ether oxygens (including phenoxy) is 2. The Morgan fingerprint density at radius 2 is 1.53 bits per heavy atom. The van der Waals surface area contributed by atoms with Crippen LogP contribution in [0.3, 0.4) is 0 Å². The van der Waals surface area contributed by atoms with Crippen molar-refractivity contribution in [2.45, 2.75) is 126 Å². The molecule has 1 saturated heterocycles. The Morgan fingerprint density at radius 3 is 2.17 bits per heavy atom. The Kier molecular flexibility index (Phi) is 12.9. The Balaban J connectivity index is 1.05. The van der Waals surface area contributed by atoms with Crippen LogP contribution in [0.5, 0.6) is 17.2 Å². The maximum Gasteiger partial charge on any atom is 0.308 e. The van der Waals surface area contributed by atoms with Gasteiger partial charge in [0, 0.05) is 61.0 Å². The quantitative estimate of drug-likeness (QED) is 0.0441. The lowest BCUT2D eigenvalue weighted by Gasteiger charge is -2.60. The third-order valence-electron chi connectivity index (χ3n) is 14.1. The van der Waals surface area contributed by atoms with Crippen molar-refractivity contribution in [3.63, 3.8) is 0 Å². The van der Waals surface area contributed by atoms with Gasteiger partial charge in [0.25, 0.3) is 0 Å². The molecule has 59 heavy (non-hydrogen) atoms. The summed E-state index contributed by atoms with van der Waals surface area (Å²) in [5.74, 6) is 1.00. The smallest absolute Gasteiger partial charge is 0.308 e. The van der Waals surface area contributed by atoms with Crippen LogP contribution in [0.15, 0.2) is 110 Å². The number of aromatic hydroxyl groups is 1. The zero-order valence-corrected chi connectivity index (χ0v) is 34.9. The van der Waals surface area contributed by atoms with Crippen molar-refractivity contribution in [2.24, 2.45) is 5.92 Å². The first kappa shape index (κ1) is 40.9. The average Bonchev–Trinajstić information content (AvgIpc) is 3.60. The molecular weight excluding hydrogens is 733 g/mol. The number of piperidine rings is 1. The van der Waals surface area contributed by atoms with Gasteiger partial charge < -0.3 is 19.5 Å². The number of benzene rings is 4. The summed E-state index contributed by atoms with van der Waals surface area (Å²) in [4.78, 5) is 32.2. The molecule has 2 bridgehead atoms. The molecule has 7 nitrogen and oxygen atoms in total. The first-order chi connectivity index (χ1) is 28.9. The van der Waals surface area contributed by atoms with E-state index < -0.39 is 11.4 Å². The standard InChI is InChI=1S/C52H62N2O5/c1-3-32-53-33-31-52-43-29-30-44(51(52)59-50-47(58-37(2)55)35-46(56)41(49(50)52)34-45(43)53)54(36-42(39-24-16-11-17-25-39)40-26-18-12-19-27-40)48(57)28-20-9-7-5-4-6-8-13-21-38-22-14-10-15-23-38/h3,10-12,14-19,22-27,35,42-45,51,56H,1,4-9,13,20-21,28-34,36H2,2H3/t43-,44-,45+,51-,52-/m0/s1. The van der Waals surface area contributed by atoms with Crippen molar-refractivity contribution in [1.82, 2.24) is 9.80 Å². The Labute approximate surface area is 351 Å². The van der Waals surface area contributed by atoms with Crippen LogP contribution >= 0.6 is 0 Å². The van der Waals surface area contributed by atoms with Gasteiger partial charge in [-0.2, -0.15) is 0 Å². The van der Waals surface area contributed by atoms with Gasteiger partial charge in [0.05, 0.1) is 6.04 Å². The number of aryl methyl sites for hydroxylation is 1. The second-order valence-corrected chi connectivity index (χ2v) is 17.5. The number of carbonyl (C=O) groups excluding carboxylic acids is 2. The molecule has 7 heteroatoms. The van der Waals surface area contributed by atoms with Crippen LogP contribution in [-0.2, 0) is 27.8 Å². The molecule has 1 spiro atoms. The highest BCUT2D eigenvalue weighted by Crippen LogP contribution is 2.66. The fourth-order valence-corrected chi connectivity index (χ4v) is 11.4. The third-order valence-corrected chi connectivity index (χ3v) is 14.1. The van der Waals surface area contributed by atoms with Crippen LogP contribution < -0.4 is 9.47 Å². The fraction of sp³-hybridized carbons (Fsp3) is 0.462. The average molecular weight is 795 g/mol. The van der Waals surface area contributed by atoms with E-state index in [2.05, 4.69) is 107 Å². The van der Waals surface area contributed by atoms with Gasteiger partial charge in [-0.05, 0) is 74.1 Å². The van der Waals surface area contributed by atoms with Gasteiger partial charge in [-0.25, -0.2) is 0 Å². The fourth-order valence-electron chi connectivity index (χ4n) is 11.4. The molecule has 4 aromatic carbocycles. The molecule has 2 fully saturated rings. The summed E-state index contributed by atoms with van der Waals surface area (Å²) in [5, 5.41) is 11.6. The van der Waals surface area contributed by atoms with Crippen LogP contribution in [0.25, 0.3) is 0 Å². The molecule has 4 aliphatic rings. The summed E-state index contributed by atoms with van der Waals surface area (Å²) in [6, 6.07) is 33.5. The topological polar surface area (TPSA) is 79.3 Å². The van der Waals surface area contributed by atoms with Crippen LogP contribution in [0, 0.1) is 5.92 Å². The third kappa shape index (κ3) is 8.46. The van der Waals surface area contributed by atoms with E-state index in [1.54, 1.807) is 6.07 Å². The van der Waals surface area contributed by atoms with Gasteiger partial charge in [-0.15, -0.1) is 6.58 Å². The van der Waals surface area contributed by atoms with Crippen LogP contribution in [0.1, 0.15) is 118 Å². The van der Waals surface area contributed by atoms with E-state index in [1.807, 2.05) is 6.08 Å². The maximum absolute atomic E-state index is 15.0. The van der Waals surface area contributed by atoms with Crippen molar-refractivity contribution in [3.8, 4) is 17.2 Å². The van der Waals surface area contributed by atoms with E-state index in [0.717, 1.165) is 69.2 Å². The molecule has 1 saturated carbocycles.